The van der Waals surface area contributed by atoms with Gasteiger partial charge in [-0.25, -0.2) is 0 Å². The van der Waals surface area contributed by atoms with Crippen molar-refractivity contribution in [2.24, 2.45) is 0 Å². The van der Waals surface area contributed by atoms with Gasteiger partial charge in [-0.3, -0.25) is 9.78 Å². The topological polar surface area (TPSA) is 92.3 Å². The Kier molecular flexibility index (Phi) is 4.25. The zero-order chi connectivity index (χ0) is 17.3. The normalized spacial score (nSPS) is 21.5. The molecule has 0 aromatic carbocycles. The number of likely N-dealkylation sites (tertiary alicyclic amines) is 1. The van der Waals surface area contributed by atoms with Crippen LogP contribution in [-0.4, -0.2) is 49.2 Å². The molecule has 1 aliphatic carbocycles. The summed E-state index contributed by atoms with van der Waals surface area (Å²) in [5, 5.41) is 14.3. The number of hydrogen-bond donors (Lipinski definition) is 1. The van der Waals surface area contributed by atoms with Crippen LogP contribution in [-0.2, 0) is 11.2 Å². The summed E-state index contributed by atoms with van der Waals surface area (Å²) in [6.45, 7) is 0.761. The van der Waals surface area contributed by atoms with Crippen LogP contribution in [0.15, 0.2) is 29.0 Å². The minimum atomic E-state index is -0.614. The van der Waals surface area contributed by atoms with Crippen molar-refractivity contribution in [1.82, 2.24) is 20.0 Å². The van der Waals surface area contributed by atoms with Gasteiger partial charge in [-0.15, -0.1) is 0 Å². The summed E-state index contributed by atoms with van der Waals surface area (Å²) in [6, 6.07) is 3.71. The summed E-state index contributed by atoms with van der Waals surface area (Å²) in [4.78, 5) is 22.8. The van der Waals surface area contributed by atoms with Gasteiger partial charge in [0.05, 0.1) is 11.6 Å². The highest BCUT2D eigenvalue weighted by atomic mass is 16.5. The predicted molar refractivity (Wildman–Crippen MR) is 89.4 cm³/mol. The van der Waals surface area contributed by atoms with Crippen molar-refractivity contribution in [1.29, 1.82) is 0 Å². The molecule has 1 saturated heterocycles. The first-order valence-electron chi connectivity index (χ1n) is 8.90. The third-order valence-electron chi connectivity index (χ3n) is 5.12. The lowest BCUT2D eigenvalue weighted by molar-refractivity contribution is -0.134. The largest absolute Gasteiger partial charge is 0.388 e. The highest BCUT2D eigenvalue weighted by Crippen LogP contribution is 2.44. The van der Waals surface area contributed by atoms with Gasteiger partial charge in [-0.2, -0.15) is 4.98 Å². The fourth-order valence-electron chi connectivity index (χ4n) is 3.59. The minimum absolute atomic E-state index is 0.0144. The van der Waals surface area contributed by atoms with Crippen LogP contribution < -0.4 is 0 Å². The van der Waals surface area contributed by atoms with Gasteiger partial charge in [0.1, 0.15) is 0 Å². The summed E-state index contributed by atoms with van der Waals surface area (Å²) in [7, 11) is 0. The highest BCUT2D eigenvalue weighted by Gasteiger charge is 2.52. The Morgan fingerprint density at radius 1 is 1.44 bits per heavy atom. The molecule has 1 N–H and O–H groups in total. The summed E-state index contributed by atoms with van der Waals surface area (Å²) in [5.41, 5.74) is 0.197. The standard InChI is InChI=1S/C18H22N4O3/c23-16(22-11-3-5-14(22)18(24)8-9-18)7-1-6-15-20-17(21-25-15)13-4-2-10-19-12-13/h2,4,10,12,14,24H,1,3,5-9,11H2. The minimum Gasteiger partial charge on any atom is -0.388 e. The molecule has 0 bridgehead atoms. The summed E-state index contributed by atoms with van der Waals surface area (Å²) in [5.74, 6) is 1.17. The van der Waals surface area contributed by atoms with Crippen molar-refractivity contribution >= 4 is 5.91 Å². The van der Waals surface area contributed by atoms with E-state index in [-0.39, 0.29) is 11.9 Å². The molecule has 1 saturated carbocycles. The van der Waals surface area contributed by atoms with E-state index in [9.17, 15) is 9.90 Å². The number of nitrogens with zero attached hydrogens (tertiary/aromatic N) is 4. The van der Waals surface area contributed by atoms with E-state index in [1.165, 1.54) is 0 Å². The number of carbonyl (C=O) groups excluding carboxylic acids is 1. The summed E-state index contributed by atoms with van der Waals surface area (Å²) >= 11 is 0. The average molecular weight is 342 g/mol. The number of aromatic nitrogens is 3. The van der Waals surface area contributed by atoms with Crippen molar-refractivity contribution in [2.45, 2.75) is 56.6 Å². The molecule has 2 aromatic rings. The average Bonchev–Trinajstić information content (AvgIpc) is 3.08. The van der Waals surface area contributed by atoms with Crippen molar-refractivity contribution < 1.29 is 14.4 Å². The lowest BCUT2D eigenvalue weighted by Gasteiger charge is -2.28. The Morgan fingerprint density at radius 3 is 3.08 bits per heavy atom. The van der Waals surface area contributed by atoms with Gasteiger partial charge in [0.25, 0.3) is 0 Å². The molecule has 1 atom stereocenters. The number of amides is 1. The van der Waals surface area contributed by atoms with E-state index in [2.05, 4.69) is 15.1 Å². The Balaban J connectivity index is 1.29. The molecule has 7 heteroatoms. The second-order valence-corrected chi connectivity index (χ2v) is 6.96. The molecule has 2 aliphatic rings. The molecule has 2 fully saturated rings. The van der Waals surface area contributed by atoms with E-state index < -0.39 is 5.60 Å². The Morgan fingerprint density at radius 2 is 2.32 bits per heavy atom. The first kappa shape index (κ1) is 16.2. The Hall–Kier alpha value is -2.28. The van der Waals surface area contributed by atoms with Crippen molar-refractivity contribution in [2.75, 3.05) is 6.54 Å². The van der Waals surface area contributed by atoms with Gasteiger partial charge < -0.3 is 14.5 Å². The third kappa shape index (κ3) is 3.42. The molecule has 1 unspecified atom stereocenters. The molecular weight excluding hydrogens is 320 g/mol. The monoisotopic (exact) mass is 342 g/mol. The Bertz CT molecular complexity index is 742. The van der Waals surface area contributed by atoms with Crippen LogP contribution >= 0.6 is 0 Å². The molecular formula is C18H22N4O3. The zero-order valence-electron chi connectivity index (χ0n) is 14.1. The number of pyridine rings is 1. The molecule has 0 radical (unpaired) electrons. The molecule has 0 spiro atoms. The van der Waals surface area contributed by atoms with E-state index in [0.717, 1.165) is 37.8 Å². The van der Waals surface area contributed by atoms with Crippen molar-refractivity contribution in [3.8, 4) is 11.4 Å². The maximum atomic E-state index is 12.5. The van der Waals surface area contributed by atoms with Crippen LogP contribution in [0.4, 0.5) is 0 Å². The number of aliphatic hydroxyl groups is 1. The summed E-state index contributed by atoms with van der Waals surface area (Å²) < 4.78 is 5.26. The molecule has 1 aliphatic heterocycles. The second kappa shape index (κ2) is 6.55. The predicted octanol–water partition coefficient (Wildman–Crippen LogP) is 1.97. The van der Waals surface area contributed by atoms with Gasteiger partial charge in [-0.05, 0) is 44.2 Å². The molecule has 2 aromatic heterocycles. The van der Waals surface area contributed by atoms with Crippen LogP contribution in [0, 0.1) is 0 Å². The van der Waals surface area contributed by atoms with E-state index in [0.29, 0.717) is 31.0 Å². The number of hydrogen-bond acceptors (Lipinski definition) is 6. The molecule has 3 heterocycles. The first-order valence-corrected chi connectivity index (χ1v) is 8.90. The number of aryl methyl sites for hydroxylation is 1. The first-order chi connectivity index (χ1) is 12.2. The van der Waals surface area contributed by atoms with E-state index in [4.69, 9.17) is 4.52 Å². The Labute approximate surface area is 146 Å². The molecule has 132 valence electrons. The van der Waals surface area contributed by atoms with Crippen LogP contribution in [0.2, 0.25) is 0 Å². The maximum absolute atomic E-state index is 12.5. The molecule has 7 nitrogen and oxygen atoms in total. The zero-order valence-corrected chi connectivity index (χ0v) is 14.1. The molecule has 4 rings (SSSR count). The fourth-order valence-corrected chi connectivity index (χ4v) is 3.59. The van der Waals surface area contributed by atoms with Crippen LogP contribution in [0.25, 0.3) is 11.4 Å². The van der Waals surface area contributed by atoms with Gasteiger partial charge >= 0.3 is 0 Å². The smallest absolute Gasteiger partial charge is 0.226 e. The fraction of sp³-hybridized carbons (Fsp3) is 0.556. The van der Waals surface area contributed by atoms with Crippen LogP contribution in [0.3, 0.4) is 0 Å². The van der Waals surface area contributed by atoms with Gasteiger partial charge in [0.2, 0.25) is 17.6 Å². The van der Waals surface area contributed by atoms with Crippen molar-refractivity contribution in [3.05, 3.63) is 30.4 Å². The second-order valence-electron chi connectivity index (χ2n) is 6.96. The summed E-state index contributed by atoms with van der Waals surface area (Å²) in [6.07, 6.45) is 8.60. The lowest BCUT2D eigenvalue weighted by Crippen LogP contribution is -2.44. The van der Waals surface area contributed by atoms with E-state index in [1.807, 2.05) is 17.0 Å². The van der Waals surface area contributed by atoms with Crippen LogP contribution in [0.1, 0.15) is 44.4 Å². The maximum Gasteiger partial charge on any atom is 0.226 e. The lowest BCUT2D eigenvalue weighted by atomic mass is 10.1. The van der Waals surface area contributed by atoms with Crippen molar-refractivity contribution in [3.63, 3.8) is 0 Å². The molecule has 25 heavy (non-hydrogen) atoms. The van der Waals surface area contributed by atoms with Gasteiger partial charge in [0.15, 0.2) is 0 Å². The SMILES string of the molecule is O=C(CCCc1nc(-c2cccnc2)no1)N1CCCC1C1(O)CC1. The van der Waals surface area contributed by atoms with Crippen LogP contribution in [0.5, 0.6) is 0 Å². The van der Waals surface area contributed by atoms with E-state index in [1.54, 1.807) is 12.4 Å². The number of carbonyl (C=O) groups is 1. The van der Waals surface area contributed by atoms with Gasteiger partial charge in [0, 0.05) is 37.3 Å². The number of rotatable bonds is 6. The van der Waals surface area contributed by atoms with Gasteiger partial charge in [-0.1, -0.05) is 5.16 Å². The third-order valence-corrected chi connectivity index (χ3v) is 5.12. The highest BCUT2D eigenvalue weighted by molar-refractivity contribution is 5.77. The van der Waals surface area contributed by atoms with E-state index >= 15 is 0 Å². The molecule has 1 amide bonds. The quantitative estimate of drug-likeness (QED) is 0.863.